The van der Waals surface area contributed by atoms with Gasteiger partial charge < -0.3 is 34.8 Å². The quantitative estimate of drug-likeness (QED) is 0.105. The highest BCUT2D eigenvalue weighted by Gasteiger charge is 2.54. The van der Waals surface area contributed by atoms with Crippen molar-refractivity contribution in [3.8, 4) is 0 Å². The molecule has 1 saturated heterocycles. The van der Waals surface area contributed by atoms with Gasteiger partial charge in [-0.25, -0.2) is 14.6 Å². The maximum Gasteiger partial charge on any atom is 0.358 e. The molecule has 2 atom stereocenters. The fraction of sp³-hybridized carbons (Fsp3) is 0.500. The number of nitrogens with zero attached hydrogens (tertiary/aromatic N) is 3. The molecule has 0 spiro atoms. The molecule has 3 heterocycles. The van der Waals surface area contributed by atoms with Crippen LogP contribution in [0.2, 0.25) is 0 Å². The zero-order chi connectivity index (χ0) is 34.4. The summed E-state index contributed by atoms with van der Waals surface area (Å²) < 4.78 is 19.7. The highest BCUT2D eigenvalue weighted by Crippen LogP contribution is 2.41. The first kappa shape index (κ1) is 36.0. The molecule has 0 saturated carbocycles. The lowest BCUT2D eigenvalue weighted by atomic mass is 9.97. The van der Waals surface area contributed by atoms with Crippen molar-refractivity contribution in [1.29, 1.82) is 0 Å². The van der Waals surface area contributed by atoms with E-state index in [0.717, 1.165) is 11.3 Å². The molecular weight excluding hydrogens is 646 g/mol. The Balaban J connectivity index is 1.66. The molecule has 3 N–H and O–H groups in total. The van der Waals surface area contributed by atoms with Gasteiger partial charge in [-0.3, -0.25) is 24.1 Å². The predicted molar refractivity (Wildman–Crippen MR) is 164 cm³/mol. The van der Waals surface area contributed by atoms with Crippen molar-refractivity contribution in [2.45, 2.75) is 53.0 Å². The number of anilines is 1. The van der Waals surface area contributed by atoms with Gasteiger partial charge in [0.05, 0.1) is 10.8 Å². The van der Waals surface area contributed by atoms with Crippen molar-refractivity contribution in [3.05, 3.63) is 35.0 Å². The van der Waals surface area contributed by atoms with Crippen LogP contribution in [0, 0.1) is 10.8 Å². The predicted octanol–water partition coefficient (Wildman–Crippen LogP) is 1.47. The van der Waals surface area contributed by atoms with E-state index in [1.54, 1.807) is 41.5 Å². The second kappa shape index (κ2) is 14.8. The number of rotatable bonds is 12. The number of hydrogen-bond donors (Lipinski definition) is 2. The molecular formula is C28H35N5O11S2. The van der Waals surface area contributed by atoms with Crippen molar-refractivity contribution in [1.82, 2.24) is 15.2 Å². The minimum Gasteiger partial charge on any atom is -0.427 e. The number of ether oxygens (including phenoxy) is 4. The van der Waals surface area contributed by atoms with Crippen LogP contribution in [0.15, 0.2) is 34.5 Å². The number of hydrogen-bond acceptors (Lipinski definition) is 16. The number of nitrogen functional groups attached to an aromatic ring is 1. The fourth-order valence-electron chi connectivity index (χ4n) is 3.58. The lowest BCUT2D eigenvalue weighted by molar-refractivity contribution is -0.176. The average molecular weight is 682 g/mol. The van der Waals surface area contributed by atoms with Gasteiger partial charge in [-0.2, -0.15) is 0 Å². The van der Waals surface area contributed by atoms with E-state index in [4.69, 9.17) is 29.5 Å². The fourth-order valence-corrected chi connectivity index (χ4v) is 5.46. The standard InChI is InChI=1S/C28H35N5O11S2/c1-8-14-10-45-22-18(21(36)33(22)19(14)23(37)41-13-43-25(39)28(5,6)7)31-20(35)17(15-11-46-26(29)30-15)32-44-9-16(34)40-12-42-24(38)27(2,3)4/h8,11,18,22H,1,9-10,12-13H2,2-7H3,(H2,29,30)(H,31,35)/b32-17+. The normalized spacial score (nSPS) is 18.1. The number of esters is 4. The van der Waals surface area contributed by atoms with E-state index >= 15 is 0 Å². The van der Waals surface area contributed by atoms with E-state index in [1.807, 2.05) is 0 Å². The summed E-state index contributed by atoms with van der Waals surface area (Å²) in [7, 11) is 0. The number of oxime groups is 1. The number of aromatic nitrogens is 1. The van der Waals surface area contributed by atoms with Gasteiger partial charge in [0.25, 0.3) is 11.8 Å². The van der Waals surface area contributed by atoms with Gasteiger partial charge in [0.2, 0.25) is 20.2 Å². The van der Waals surface area contributed by atoms with E-state index in [-0.39, 0.29) is 22.3 Å². The smallest absolute Gasteiger partial charge is 0.358 e. The average Bonchev–Trinajstić information content (AvgIpc) is 3.41. The molecule has 0 radical (unpaired) electrons. The molecule has 1 aromatic heterocycles. The first-order chi connectivity index (χ1) is 21.4. The van der Waals surface area contributed by atoms with Gasteiger partial charge in [-0.05, 0) is 47.1 Å². The number of carbonyl (C=O) groups is 6. The van der Waals surface area contributed by atoms with E-state index < -0.39 is 83.8 Å². The van der Waals surface area contributed by atoms with Crippen molar-refractivity contribution >= 4 is 69.6 Å². The topological polar surface area (TPSA) is 215 Å². The van der Waals surface area contributed by atoms with Crippen molar-refractivity contribution in [3.63, 3.8) is 0 Å². The first-order valence-electron chi connectivity index (χ1n) is 13.6. The van der Waals surface area contributed by atoms with Crippen molar-refractivity contribution < 1.29 is 52.6 Å². The number of carbonyl (C=O) groups excluding carboxylic acids is 6. The molecule has 46 heavy (non-hydrogen) atoms. The number of amides is 2. The van der Waals surface area contributed by atoms with Gasteiger partial charge in [0.1, 0.15) is 22.8 Å². The van der Waals surface area contributed by atoms with Gasteiger partial charge >= 0.3 is 23.9 Å². The van der Waals surface area contributed by atoms with Gasteiger partial charge in [-0.15, -0.1) is 23.1 Å². The third-order valence-electron chi connectivity index (χ3n) is 6.06. The van der Waals surface area contributed by atoms with Crippen LogP contribution >= 0.6 is 23.1 Å². The lowest BCUT2D eigenvalue weighted by Crippen LogP contribution is -2.71. The van der Waals surface area contributed by atoms with Gasteiger partial charge in [-0.1, -0.05) is 17.8 Å². The Hall–Kier alpha value is -4.45. The number of nitrogens with one attached hydrogen (secondary N) is 1. The number of allylic oxidation sites excluding steroid dienone is 1. The number of nitrogens with two attached hydrogens (primary N) is 1. The number of thiazole rings is 1. The monoisotopic (exact) mass is 681 g/mol. The molecule has 2 amide bonds. The molecule has 2 aliphatic rings. The Morgan fingerprint density at radius 1 is 1.07 bits per heavy atom. The zero-order valence-electron chi connectivity index (χ0n) is 26.1. The highest BCUT2D eigenvalue weighted by molar-refractivity contribution is 8.00. The lowest BCUT2D eigenvalue weighted by Gasteiger charge is -2.49. The van der Waals surface area contributed by atoms with Crippen LogP contribution in [0.1, 0.15) is 47.2 Å². The summed E-state index contributed by atoms with van der Waals surface area (Å²) in [5, 5.41) is 7.11. The van der Waals surface area contributed by atoms with Crippen LogP contribution in [0.4, 0.5) is 5.13 Å². The van der Waals surface area contributed by atoms with Crippen molar-refractivity contribution in [2.75, 3.05) is 31.7 Å². The third kappa shape index (κ3) is 8.84. The Bertz CT molecular complexity index is 1470. The Labute approximate surface area is 272 Å². The Morgan fingerprint density at radius 3 is 2.22 bits per heavy atom. The largest absolute Gasteiger partial charge is 0.427 e. The Morgan fingerprint density at radius 2 is 1.67 bits per heavy atom. The van der Waals surface area contributed by atoms with E-state index in [2.05, 4.69) is 22.0 Å². The Kier molecular flexibility index (Phi) is 11.6. The van der Waals surface area contributed by atoms with Crippen LogP contribution in [-0.2, 0) is 52.6 Å². The molecule has 0 bridgehead atoms. The summed E-state index contributed by atoms with van der Waals surface area (Å²) in [5.41, 5.74) is 4.05. The maximum atomic E-state index is 13.3. The molecule has 1 aromatic rings. The highest BCUT2D eigenvalue weighted by atomic mass is 32.2. The minimum absolute atomic E-state index is 0.00955. The molecule has 0 aliphatic carbocycles. The summed E-state index contributed by atoms with van der Waals surface area (Å²) >= 11 is 2.27. The van der Waals surface area contributed by atoms with Gasteiger partial charge in [0.15, 0.2) is 10.8 Å². The number of fused-ring (bicyclic) bond motifs is 1. The molecule has 250 valence electrons. The molecule has 1 fully saturated rings. The third-order valence-corrected chi connectivity index (χ3v) is 8.03. The minimum atomic E-state index is -1.09. The van der Waals surface area contributed by atoms with Crippen molar-refractivity contribution in [2.24, 2.45) is 16.0 Å². The zero-order valence-corrected chi connectivity index (χ0v) is 27.7. The van der Waals surface area contributed by atoms with Crippen LogP contribution in [-0.4, -0.2) is 88.6 Å². The SMILES string of the molecule is C=CC1=C(C(=O)OCOC(=O)C(C)(C)C)N2C(=O)C(NC(=O)/C(=N/OCC(=O)OCOC(=O)C(C)(C)C)c3csc(N)n3)C2SC1. The van der Waals surface area contributed by atoms with Crippen LogP contribution in [0.25, 0.3) is 0 Å². The molecule has 18 heteroatoms. The molecule has 2 unspecified atom stereocenters. The number of thioether (sulfide) groups is 1. The van der Waals surface area contributed by atoms with E-state index in [0.29, 0.717) is 5.57 Å². The number of β-lactam (4-membered cyclic amide) rings is 1. The second-order valence-electron chi connectivity index (χ2n) is 11.8. The summed E-state index contributed by atoms with van der Waals surface area (Å²) in [6.07, 6.45) is 1.41. The molecule has 0 aromatic carbocycles. The van der Waals surface area contributed by atoms with Crippen LogP contribution < -0.4 is 11.1 Å². The van der Waals surface area contributed by atoms with E-state index in [1.165, 1.54) is 28.1 Å². The summed E-state index contributed by atoms with van der Waals surface area (Å²) in [5.74, 6) is -4.27. The van der Waals surface area contributed by atoms with Gasteiger partial charge in [0, 0.05) is 11.1 Å². The van der Waals surface area contributed by atoms with Crippen LogP contribution in [0.5, 0.6) is 0 Å². The molecule has 2 aliphatic heterocycles. The molecule has 3 rings (SSSR count). The van der Waals surface area contributed by atoms with Crippen LogP contribution in [0.3, 0.4) is 0 Å². The second-order valence-corrected chi connectivity index (χ2v) is 13.8. The first-order valence-corrected chi connectivity index (χ1v) is 15.6. The summed E-state index contributed by atoms with van der Waals surface area (Å²) in [6.45, 7) is 11.5. The summed E-state index contributed by atoms with van der Waals surface area (Å²) in [4.78, 5) is 85.5. The maximum absolute atomic E-state index is 13.3. The van der Waals surface area contributed by atoms with E-state index in [9.17, 15) is 28.8 Å². The molecule has 16 nitrogen and oxygen atoms in total. The summed E-state index contributed by atoms with van der Waals surface area (Å²) in [6, 6.07) is -1.09.